The molecule has 1 heterocycles. The van der Waals surface area contributed by atoms with E-state index in [1.807, 2.05) is 7.05 Å². The summed E-state index contributed by atoms with van der Waals surface area (Å²) in [5.74, 6) is 0.121. The van der Waals surface area contributed by atoms with Crippen LogP contribution in [-0.2, 0) is 11.2 Å². The first-order chi connectivity index (χ1) is 7.22. The van der Waals surface area contributed by atoms with Crippen LogP contribution in [0, 0.1) is 2.88 Å². The molecule has 0 radical (unpaired) electrons. The number of rotatable bonds is 6. The Balaban J connectivity index is 2.13. The molecular formula is C10H15IN2OS. The molecule has 0 aliphatic rings. The van der Waals surface area contributed by atoms with Gasteiger partial charge in [0, 0.05) is 24.4 Å². The van der Waals surface area contributed by atoms with Crippen LogP contribution in [0.2, 0.25) is 0 Å². The smallest absolute Gasteiger partial charge is 0.221 e. The van der Waals surface area contributed by atoms with Gasteiger partial charge in [-0.2, -0.15) is 0 Å². The predicted molar refractivity (Wildman–Crippen MR) is 72.3 cm³/mol. The van der Waals surface area contributed by atoms with E-state index in [4.69, 9.17) is 0 Å². The average Bonchev–Trinajstić information content (AvgIpc) is 2.61. The molecule has 1 aromatic rings. The van der Waals surface area contributed by atoms with Crippen molar-refractivity contribution >= 4 is 39.8 Å². The zero-order chi connectivity index (χ0) is 11.1. The highest BCUT2D eigenvalue weighted by Gasteiger charge is 2.01. The second kappa shape index (κ2) is 7.19. The number of halogens is 1. The lowest BCUT2D eigenvalue weighted by Crippen LogP contribution is -2.28. The largest absolute Gasteiger partial charge is 0.356 e. The minimum Gasteiger partial charge on any atom is -0.356 e. The number of amides is 1. The van der Waals surface area contributed by atoms with E-state index in [1.165, 1.54) is 7.76 Å². The summed E-state index contributed by atoms with van der Waals surface area (Å²) in [5.41, 5.74) is 0. The van der Waals surface area contributed by atoms with E-state index < -0.39 is 0 Å². The SMILES string of the molecule is CNCCC(=O)NCCc1ccc(I)s1. The molecule has 2 N–H and O–H groups in total. The molecular weight excluding hydrogens is 323 g/mol. The molecule has 0 unspecified atom stereocenters. The van der Waals surface area contributed by atoms with Gasteiger partial charge in [-0.3, -0.25) is 4.79 Å². The number of thiophene rings is 1. The van der Waals surface area contributed by atoms with Crippen LogP contribution in [0.5, 0.6) is 0 Å². The number of nitrogens with one attached hydrogen (secondary N) is 2. The summed E-state index contributed by atoms with van der Waals surface area (Å²) in [6, 6.07) is 4.22. The topological polar surface area (TPSA) is 41.1 Å². The molecule has 3 nitrogen and oxygen atoms in total. The van der Waals surface area contributed by atoms with Crippen molar-refractivity contribution in [1.29, 1.82) is 0 Å². The quantitative estimate of drug-likeness (QED) is 0.774. The predicted octanol–water partition coefficient (Wildman–Crippen LogP) is 1.62. The summed E-state index contributed by atoms with van der Waals surface area (Å²) in [6.07, 6.45) is 1.48. The fraction of sp³-hybridized carbons (Fsp3) is 0.500. The van der Waals surface area contributed by atoms with Gasteiger partial charge in [-0.15, -0.1) is 11.3 Å². The molecule has 0 spiro atoms. The number of hydrogen-bond acceptors (Lipinski definition) is 3. The van der Waals surface area contributed by atoms with E-state index in [1.54, 1.807) is 11.3 Å². The van der Waals surface area contributed by atoms with E-state index in [9.17, 15) is 4.79 Å². The van der Waals surface area contributed by atoms with E-state index in [-0.39, 0.29) is 5.91 Å². The zero-order valence-corrected chi connectivity index (χ0v) is 11.7. The van der Waals surface area contributed by atoms with E-state index >= 15 is 0 Å². The molecule has 0 saturated heterocycles. The van der Waals surface area contributed by atoms with Gasteiger partial charge in [-0.1, -0.05) is 0 Å². The van der Waals surface area contributed by atoms with Gasteiger partial charge in [-0.05, 0) is 48.2 Å². The van der Waals surface area contributed by atoms with Crippen LogP contribution in [0.4, 0.5) is 0 Å². The summed E-state index contributed by atoms with van der Waals surface area (Å²) in [4.78, 5) is 12.6. The van der Waals surface area contributed by atoms with Crippen molar-refractivity contribution in [2.45, 2.75) is 12.8 Å². The first kappa shape index (κ1) is 12.9. The van der Waals surface area contributed by atoms with Crippen molar-refractivity contribution in [3.63, 3.8) is 0 Å². The minimum atomic E-state index is 0.121. The highest BCUT2D eigenvalue weighted by atomic mass is 127. The fourth-order valence-corrected chi connectivity index (χ4v) is 2.89. The Morgan fingerprint density at radius 2 is 2.27 bits per heavy atom. The second-order valence-electron chi connectivity index (χ2n) is 3.16. The first-order valence-electron chi connectivity index (χ1n) is 4.88. The summed E-state index contributed by atoms with van der Waals surface area (Å²) < 4.78 is 1.30. The molecule has 5 heteroatoms. The van der Waals surface area contributed by atoms with Crippen LogP contribution in [-0.4, -0.2) is 26.0 Å². The Morgan fingerprint density at radius 3 is 2.87 bits per heavy atom. The van der Waals surface area contributed by atoms with Gasteiger partial charge in [-0.25, -0.2) is 0 Å². The fourth-order valence-electron chi connectivity index (χ4n) is 1.14. The third-order valence-electron chi connectivity index (χ3n) is 1.92. The Kier molecular flexibility index (Phi) is 6.19. The van der Waals surface area contributed by atoms with Crippen molar-refractivity contribution in [3.8, 4) is 0 Å². The third-order valence-corrected chi connectivity index (χ3v) is 3.88. The second-order valence-corrected chi connectivity index (χ2v) is 6.22. The van der Waals surface area contributed by atoms with E-state index in [0.717, 1.165) is 19.5 Å². The Labute approximate surface area is 108 Å². The van der Waals surface area contributed by atoms with Crippen LogP contribution >= 0.6 is 33.9 Å². The number of carbonyl (C=O) groups is 1. The van der Waals surface area contributed by atoms with Crippen LogP contribution in [0.25, 0.3) is 0 Å². The maximum Gasteiger partial charge on any atom is 0.221 e. The molecule has 0 aromatic carbocycles. The van der Waals surface area contributed by atoms with Gasteiger partial charge in [0.15, 0.2) is 0 Å². The first-order valence-corrected chi connectivity index (χ1v) is 6.77. The molecule has 0 atom stereocenters. The van der Waals surface area contributed by atoms with E-state index in [0.29, 0.717) is 6.42 Å². The van der Waals surface area contributed by atoms with E-state index in [2.05, 4.69) is 45.4 Å². The van der Waals surface area contributed by atoms with Crippen LogP contribution in [0.15, 0.2) is 12.1 Å². The Bertz CT molecular complexity index is 314. The van der Waals surface area contributed by atoms with Gasteiger partial charge in [0.1, 0.15) is 0 Å². The van der Waals surface area contributed by atoms with Crippen LogP contribution in [0.3, 0.4) is 0 Å². The van der Waals surface area contributed by atoms with Crippen molar-refractivity contribution < 1.29 is 4.79 Å². The maximum atomic E-state index is 11.2. The van der Waals surface area contributed by atoms with Crippen molar-refractivity contribution in [3.05, 3.63) is 19.9 Å². The summed E-state index contributed by atoms with van der Waals surface area (Å²) >= 11 is 4.09. The molecule has 1 rings (SSSR count). The lowest BCUT2D eigenvalue weighted by molar-refractivity contribution is -0.120. The molecule has 1 aromatic heterocycles. The van der Waals surface area contributed by atoms with Gasteiger partial charge in [0.05, 0.1) is 2.88 Å². The van der Waals surface area contributed by atoms with Gasteiger partial charge >= 0.3 is 0 Å². The molecule has 0 saturated carbocycles. The molecule has 15 heavy (non-hydrogen) atoms. The molecule has 0 aliphatic carbocycles. The van der Waals surface area contributed by atoms with Crippen LogP contribution < -0.4 is 10.6 Å². The molecule has 0 aliphatic heterocycles. The highest BCUT2D eigenvalue weighted by molar-refractivity contribution is 14.1. The molecule has 0 fully saturated rings. The average molecular weight is 338 g/mol. The molecule has 1 amide bonds. The summed E-state index contributed by atoms with van der Waals surface area (Å²) in [5, 5.41) is 5.85. The van der Waals surface area contributed by atoms with Crippen LogP contribution in [0.1, 0.15) is 11.3 Å². The lowest BCUT2D eigenvalue weighted by Gasteiger charge is -2.03. The van der Waals surface area contributed by atoms with Crippen molar-refractivity contribution in [2.24, 2.45) is 0 Å². The normalized spacial score (nSPS) is 10.3. The third kappa shape index (κ3) is 5.48. The lowest BCUT2D eigenvalue weighted by atomic mass is 10.3. The molecule has 0 bridgehead atoms. The number of carbonyl (C=O) groups excluding carboxylic acids is 1. The zero-order valence-electron chi connectivity index (χ0n) is 8.68. The summed E-state index contributed by atoms with van der Waals surface area (Å²) in [7, 11) is 1.85. The number of hydrogen-bond donors (Lipinski definition) is 2. The highest BCUT2D eigenvalue weighted by Crippen LogP contribution is 2.18. The van der Waals surface area contributed by atoms with Crippen molar-refractivity contribution in [2.75, 3.05) is 20.1 Å². The monoisotopic (exact) mass is 338 g/mol. The van der Waals surface area contributed by atoms with Gasteiger partial charge < -0.3 is 10.6 Å². The Morgan fingerprint density at radius 1 is 1.47 bits per heavy atom. The maximum absolute atomic E-state index is 11.2. The minimum absolute atomic E-state index is 0.121. The Hall–Kier alpha value is -0.140. The van der Waals surface area contributed by atoms with Gasteiger partial charge in [0.25, 0.3) is 0 Å². The van der Waals surface area contributed by atoms with Gasteiger partial charge in [0.2, 0.25) is 5.91 Å². The van der Waals surface area contributed by atoms with Crippen molar-refractivity contribution in [1.82, 2.24) is 10.6 Å². The standard InChI is InChI=1S/C10H15IN2OS/c1-12-6-5-10(14)13-7-4-8-2-3-9(11)15-8/h2-3,12H,4-7H2,1H3,(H,13,14). The summed E-state index contributed by atoms with van der Waals surface area (Å²) in [6.45, 7) is 1.47. The molecule has 84 valence electrons.